The predicted molar refractivity (Wildman–Crippen MR) is 93.9 cm³/mol. The minimum atomic E-state index is -3.06. The van der Waals surface area contributed by atoms with Crippen LogP contribution < -0.4 is 4.72 Å². The Morgan fingerprint density at radius 1 is 1.17 bits per heavy atom. The molecule has 0 unspecified atom stereocenters. The monoisotopic (exact) mass is 336 g/mol. The molecule has 0 aromatic heterocycles. The zero-order valence-corrected chi connectivity index (χ0v) is 15.2. The molecule has 0 atom stereocenters. The second-order valence-electron chi connectivity index (χ2n) is 7.69. The van der Waals surface area contributed by atoms with Crippen LogP contribution in [0.15, 0.2) is 18.2 Å². The van der Waals surface area contributed by atoms with Crippen LogP contribution in [0, 0.1) is 19.3 Å². The molecule has 4 nitrogen and oxygen atoms in total. The highest BCUT2D eigenvalue weighted by molar-refractivity contribution is 7.88. The fourth-order valence-corrected chi connectivity index (χ4v) is 4.90. The summed E-state index contributed by atoms with van der Waals surface area (Å²) >= 11 is 0. The molecule has 1 aromatic carbocycles. The molecule has 1 spiro atoms. The summed E-state index contributed by atoms with van der Waals surface area (Å²) in [5.41, 5.74) is 4.51. The van der Waals surface area contributed by atoms with Gasteiger partial charge < -0.3 is 0 Å². The number of aryl methyl sites for hydroxylation is 2. The molecule has 3 rings (SSSR count). The maximum atomic E-state index is 11.3. The van der Waals surface area contributed by atoms with E-state index in [0.717, 1.165) is 32.5 Å². The van der Waals surface area contributed by atoms with Gasteiger partial charge in [0.05, 0.1) is 6.26 Å². The van der Waals surface area contributed by atoms with Crippen LogP contribution in [-0.2, 0) is 16.6 Å². The topological polar surface area (TPSA) is 49.4 Å². The average molecular weight is 337 g/mol. The SMILES string of the molecule is Cc1ccc(CN2CCC3(CC2)CC(NS(C)(=O)=O)C3)cc1C. The second kappa shape index (κ2) is 6.19. The van der Waals surface area contributed by atoms with E-state index in [9.17, 15) is 8.42 Å². The summed E-state index contributed by atoms with van der Waals surface area (Å²) in [4.78, 5) is 2.53. The van der Waals surface area contributed by atoms with E-state index in [0.29, 0.717) is 5.41 Å². The van der Waals surface area contributed by atoms with E-state index >= 15 is 0 Å². The van der Waals surface area contributed by atoms with E-state index in [1.165, 1.54) is 35.8 Å². The minimum absolute atomic E-state index is 0.163. The maximum Gasteiger partial charge on any atom is 0.208 e. The highest BCUT2D eigenvalue weighted by Crippen LogP contribution is 2.49. The lowest BCUT2D eigenvalue weighted by Gasteiger charge is -2.52. The van der Waals surface area contributed by atoms with Gasteiger partial charge >= 0.3 is 0 Å². The standard InChI is InChI=1S/C18H28N2O2S/c1-14-4-5-16(10-15(14)2)13-20-8-6-18(7-9-20)11-17(12-18)19-23(3,21)22/h4-5,10,17,19H,6-9,11-13H2,1-3H3. The molecule has 0 radical (unpaired) electrons. The molecule has 2 fully saturated rings. The lowest BCUT2D eigenvalue weighted by Crippen LogP contribution is -2.54. The molecule has 1 aromatic rings. The number of benzene rings is 1. The lowest BCUT2D eigenvalue weighted by atomic mass is 9.60. The van der Waals surface area contributed by atoms with E-state index in [2.05, 4.69) is 41.7 Å². The van der Waals surface area contributed by atoms with Crippen LogP contribution in [0.1, 0.15) is 42.4 Å². The number of nitrogens with one attached hydrogen (secondary N) is 1. The molecule has 1 aliphatic carbocycles. The van der Waals surface area contributed by atoms with E-state index in [4.69, 9.17) is 0 Å². The Morgan fingerprint density at radius 3 is 2.39 bits per heavy atom. The quantitative estimate of drug-likeness (QED) is 0.919. The Hall–Kier alpha value is -0.910. The smallest absolute Gasteiger partial charge is 0.208 e. The summed E-state index contributed by atoms with van der Waals surface area (Å²) in [7, 11) is -3.06. The number of rotatable bonds is 4. The van der Waals surface area contributed by atoms with Crippen LogP contribution in [0.25, 0.3) is 0 Å². The Balaban J connectivity index is 1.49. The molecule has 23 heavy (non-hydrogen) atoms. The lowest BCUT2D eigenvalue weighted by molar-refractivity contribution is 0.0107. The number of nitrogens with zero attached hydrogens (tertiary/aromatic N) is 1. The molecule has 5 heteroatoms. The van der Waals surface area contributed by atoms with Crippen molar-refractivity contribution in [3.63, 3.8) is 0 Å². The van der Waals surface area contributed by atoms with Gasteiger partial charge in [-0.15, -0.1) is 0 Å². The van der Waals surface area contributed by atoms with E-state index in [1.807, 2.05) is 0 Å². The summed E-state index contributed by atoms with van der Waals surface area (Å²) in [6.07, 6.45) is 5.67. The third kappa shape index (κ3) is 4.14. The third-order valence-electron chi connectivity index (χ3n) is 5.63. The molecule has 1 saturated carbocycles. The molecule has 1 saturated heterocycles. The first kappa shape index (κ1) is 16.9. The fourth-order valence-electron chi connectivity index (χ4n) is 4.13. The summed E-state index contributed by atoms with van der Waals surface area (Å²) in [6.45, 7) is 7.61. The normalized spacial score (nSPS) is 22.2. The van der Waals surface area contributed by atoms with Crippen molar-refractivity contribution in [1.29, 1.82) is 0 Å². The summed E-state index contributed by atoms with van der Waals surface area (Å²) in [5, 5.41) is 0. The van der Waals surface area contributed by atoms with Gasteiger partial charge in [0.1, 0.15) is 0 Å². The Bertz CT molecular complexity index is 668. The van der Waals surface area contributed by atoms with Crippen molar-refractivity contribution < 1.29 is 8.42 Å². The van der Waals surface area contributed by atoms with Crippen LogP contribution >= 0.6 is 0 Å². The second-order valence-corrected chi connectivity index (χ2v) is 9.47. The van der Waals surface area contributed by atoms with Gasteiger partial charge in [-0.3, -0.25) is 4.90 Å². The molecule has 0 amide bonds. The number of hydrogen-bond donors (Lipinski definition) is 1. The third-order valence-corrected chi connectivity index (χ3v) is 6.40. The number of hydrogen-bond acceptors (Lipinski definition) is 3. The largest absolute Gasteiger partial charge is 0.299 e. The predicted octanol–water partition coefficient (Wildman–Crippen LogP) is 2.60. The van der Waals surface area contributed by atoms with Gasteiger partial charge in [-0.25, -0.2) is 13.1 Å². The molecular formula is C18H28N2O2S. The van der Waals surface area contributed by atoms with Crippen molar-refractivity contribution in [2.45, 2.75) is 52.1 Å². The Kier molecular flexibility index (Phi) is 4.55. The first-order valence-corrected chi connectivity index (χ1v) is 10.4. The highest BCUT2D eigenvalue weighted by atomic mass is 32.2. The summed E-state index contributed by atoms with van der Waals surface area (Å²) < 4.78 is 25.3. The first-order chi connectivity index (χ1) is 10.7. The summed E-state index contributed by atoms with van der Waals surface area (Å²) in [6, 6.07) is 6.91. The average Bonchev–Trinajstić information content (AvgIpc) is 2.42. The van der Waals surface area contributed by atoms with Gasteiger partial charge in [0.2, 0.25) is 10.0 Å². The molecule has 0 bridgehead atoms. The molecule has 1 aliphatic heterocycles. The van der Waals surface area contributed by atoms with Crippen molar-refractivity contribution in [1.82, 2.24) is 9.62 Å². The molecule has 1 heterocycles. The number of sulfonamides is 1. The van der Waals surface area contributed by atoms with Crippen molar-refractivity contribution in [2.24, 2.45) is 5.41 Å². The van der Waals surface area contributed by atoms with Crippen LogP contribution in [0.3, 0.4) is 0 Å². The van der Waals surface area contributed by atoms with Gasteiger partial charge in [-0.05, 0) is 74.7 Å². The van der Waals surface area contributed by atoms with Crippen molar-refractivity contribution >= 4 is 10.0 Å². The zero-order chi connectivity index (χ0) is 16.7. The highest BCUT2D eigenvalue weighted by Gasteiger charge is 2.46. The molecule has 128 valence electrons. The van der Waals surface area contributed by atoms with E-state index in [1.54, 1.807) is 0 Å². The van der Waals surface area contributed by atoms with Crippen LogP contribution in [-0.4, -0.2) is 38.7 Å². The van der Waals surface area contributed by atoms with Crippen molar-refractivity contribution in [3.8, 4) is 0 Å². The van der Waals surface area contributed by atoms with Gasteiger partial charge in [0, 0.05) is 12.6 Å². The molecular weight excluding hydrogens is 308 g/mol. The fraction of sp³-hybridized carbons (Fsp3) is 0.667. The van der Waals surface area contributed by atoms with E-state index < -0.39 is 10.0 Å². The first-order valence-electron chi connectivity index (χ1n) is 8.51. The van der Waals surface area contributed by atoms with E-state index in [-0.39, 0.29) is 6.04 Å². The molecule has 1 N–H and O–H groups in total. The van der Waals surface area contributed by atoms with Gasteiger partial charge in [-0.2, -0.15) is 0 Å². The van der Waals surface area contributed by atoms with Crippen LogP contribution in [0.2, 0.25) is 0 Å². The van der Waals surface area contributed by atoms with Crippen molar-refractivity contribution in [2.75, 3.05) is 19.3 Å². The zero-order valence-electron chi connectivity index (χ0n) is 14.4. The summed E-state index contributed by atoms with van der Waals surface area (Å²) in [5.74, 6) is 0. The maximum absolute atomic E-state index is 11.3. The van der Waals surface area contributed by atoms with Gasteiger partial charge in [-0.1, -0.05) is 18.2 Å². The molecule has 2 aliphatic rings. The van der Waals surface area contributed by atoms with Gasteiger partial charge in [0.25, 0.3) is 0 Å². The van der Waals surface area contributed by atoms with Crippen LogP contribution in [0.5, 0.6) is 0 Å². The van der Waals surface area contributed by atoms with Crippen LogP contribution in [0.4, 0.5) is 0 Å². The Morgan fingerprint density at radius 2 is 1.83 bits per heavy atom. The Labute approximate surface area is 140 Å². The number of piperidine rings is 1. The number of likely N-dealkylation sites (tertiary alicyclic amines) is 1. The van der Waals surface area contributed by atoms with Gasteiger partial charge in [0.15, 0.2) is 0 Å². The van der Waals surface area contributed by atoms with Crippen molar-refractivity contribution in [3.05, 3.63) is 34.9 Å². The minimum Gasteiger partial charge on any atom is -0.299 e.